The van der Waals surface area contributed by atoms with Crippen LogP contribution in [0, 0.1) is 0 Å². The molecule has 8 rings (SSSR count). The van der Waals surface area contributed by atoms with Gasteiger partial charge in [0.25, 0.3) is 0 Å². The molecule has 1 saturated heterocycles. The summed E-state index contributed by atoms with van der Waals surface area (Å²) in [6.45, 7) is 2.94. The fourth-order valence-electron chi connectivity index (χ4n) is 7.68. The molecule has 2 bridgehead atoms. The summed E-state index contributed by atoms with van der Waals surface area (Å²) in [5.74, 6) is 0.653. The smallest absolute Gasteiger partial charge is 0.178 e. The van der Waals surface area contributed by atoms with E-state index >= 15 is 0 Å². The van der Waals surface area contributed by atoms with Gasteiger partial charge in [0.1, 0.15) is 11.3 Å². The van der Waals surface area contributed by atoms with Gasteiger partial charge in [-0.1, -0.05) is 65.9 Å². The number of nitrogens with zero attached hydrogens (tertiary/aromatic N) is 4. The lowest BCUT2D eigenvalue weighted by Crippen LogP contribution is -2.60. The average Bonchev–Trinajstić information content (AvgIpc) is 3.44. The number of pyridine rings is 1. The lowest BCUT2D eigenvalue weighted by Gasteiger charge is -2.59. The Balaban J connectivity index is 1.18. The van der Waals surface area contributed by atoms with Gasteiger partial charge >= 0.3 is 0 Å². The third-order valence-corrected chi connectivity index (χ3v) is 10.1. The third kappa shape index (κ3) is 4.51. The predicted molar refractivity (Wildman–Crippen MR) is 153 cm³/mol. The molecule has 1 aliphatic heterocycles. The molecule has 7 nitrogen and oxygen atoms in total. The van der Waals surface area contributed by atoms with Crippen LogP contribution < -0.4 is 5.73 Å². The zero-order chi connectivity index (χ0) is 26.3. The molecule has 3 aliphatic carbocycles. The lowest BCUT2D eigenvalue weighted by molar-refractivity contribution is -0.103. The molecule has 3 N–H and O–H groups in total. The van der Waals surface area contributed by atoms with Crippen LogP contribution in [0.15, 0.2) is 66.7 Å². The van der Waals surface area contributed by atoms with Crippen molar-refractivity contribution in [2.45, 2.75) is 74.3 Å². The Kier molecular flexibility index (Phi) is 6.36. The summed E-state index contributed by atoms with van der Waals surface area (Å²) < 4.78 is 5.99. The standard InChI is InChI=1S/C32H38N6O/c33-28-21-27(29-30(34-28)36-37-35-29)26(23-7-3-1-4-8-23)11-19-38(22-25-12-20-39-25)32-16-13-31(14-17-32,15-18-32)24-9-5-2-6-10-24/h1-10,21,25-26H,11-20,22H2,(H3,33,34,35,36,37)/t25?,26-,31?,32?/m1/s1. The molecule has 2 atom stereocenters. The Hall–Kier alpha value is -3.29. The Morgan fingerprint density at radius 2 is 1.67 bits per heavy atom. The fraction of sp³-hybridized carbons (Fsp3) is 0.469. The Morgan fingerprint density at radius 3 is 2.33 bits per heavy atom. The summed E-state index contributed by atoms with van der Waals surface area (Å²) in [5.41, 5.74) is 12.3. The van der Waals surface area contributed by atoms with Gasteiger partial charge in [0.2, 0.25) is 0 Å². The number of fused-ring (bicyclic) bond motifs is 4. The maximum atomic E-state index is 6.26. The van der Waals surface area contributed by atoms with Crippen LogP contribution in [-0.2, 0) is 10.2 Å². The summed E-state index contributed by atoms with van der Waals surface area (Å²) in [6, 6.07) is 24.0. The summed E-state index contributed by atoms with van der Waals surface area (Å²) in [5, 5.41) is 11.4. The summed E-state index contributed by atoms with van der Waals surface area (Å²) in [4.78, 5) is 7.26. The third-order valence-electron chi connectivity index (χ3n) is 10.1. The molecule has 2 aromatic carbocycles. The van der Waals surface area contributed by atoms with E-state index in [4.69, 9.17) is 10.5 Å². The number of hydrogen-bond donors (Lipinski definition) is 2. The van der Waals surface area contributed by atoms with Gasteiger partial charge in [-0.05, 0) is 86.1 Å². The number of nitrogen functional groups attached to an aromatic ring is 1. The van der Waals surface area contributed by atoms with Gasteiger partial charge in [-0.25, -0.2) is 10.1 Å². The van der Waals surface area contributed by atoms with Crippen LogP contribution in [0.3, 0.4) is 0 Å². The van der Waals surface area contributed by atoms with E-state index in [2.05, 4.69) is 86.0 Å². The van der Waals surface area contributed by atoms with E-state index in [0.29, 0.717) is 23.0 Å². The van der Waals surface area contributed by atoms with Crippen LogP contribution >= 0.6 is 0 Å². The minimum absolute atomic E-state index is 0.154. The molecule has 0 radical (unpaired) electrons. The molecule has 4 aromatic rings. The highest BCUT2D eigenvalue weighted by Crippen LogP contribution is 2.56. The molecule has 7 heteroatoms. The van der Waals surface area contributed by atoms with Crippen LogP contribution in [-0.4, -0.2) is 56.6 Å². The number of hydrogen-bond acceptors (Lipinski definition) is 6. The maximum Gasteiger partial charge on any atom is 0.178 e. The maximum absolute atomic E-state index is 6.26. The van der Waals surface area contributed by atoms with Gasteiger partial charge in [0.05, 0.1) is 6.10 Å². The monoisotopic (exact) mass is 522 g/mol. The molecule has 3 saturated carbocycles. The summed E-state index contributed by atoms with van der Waals surface area (Å²) in [7, 11) is 0. The van der Waals surface area contributed by atoms with E-state index in [0.717, 1.165) is 37.2 Å². The van der Waals surface area contributed by atoms with E-state index in [1.54, 1.807) is 5.56 Å². The molecular formula is C32H38N6O. The van der Waals surface area contributed by atoms with Crippen molar-refractivity contribution in [3.63, 3.8) is 0 Å². The molecule has 2 aromatic heterocycles. The molecule has 39 heavy (non-hydrogen) atoms. The number of H-pyrrole nitrogens is 1. The van der Waals surface area contributed by atoms with Crippen molar-refractivity contribution in [2.24, 2.45) is 0 Å². The number of aromatic amines is 1. The van der Waals surface area contributed by atoms with Gasteiger partial charge in [-0.15, -0.1) is 5.10 Å². The second-order valence-corrected chi connectivity index (χ2v) is 12.0. The SMILES string of the molecule is Nc1cc([C@H](CCN(CC2CCO2)C23CCC(c4ccccc4)(CC2)CC3)c2ccccc2)c2nn[nH]c2n1. The van der Waals surface area contributed by atoms with Crippen molar-refractivity contribution in [1.82, 2.24) is 25.3 Å². The van der Waals surface area contributed by atoms with Crippen LogP contribution in [0.5, 0.6) is 0 Å². The normalized spacial score (nSPS) is 27.1. The molecule has 4 aliphatic rings. The van der Waals surface area contributed by atoms with Gasteiger partial charge in [-0.3, -0.25) is 4.90 Å². The highest BCUT2D eigenvalue weighted by Gasteiger charge is 2.52. The molecule has 202 valence electrons. The average molecular weight is 523 g/mol. The number of rotatable bonds is 9. The van der Waals surface area contributed by atoms with Crippen molar-refractivity contribution in [1.29, 1.82) is 0 Å². The molecular weight excluding hydrogens is 484 g/mol. The van der Waals surface area contributed by atoms with E-state index < -0.39 is 0 Å². The van der Waals surface area contributed by atoms with E-state index in [1.807, 2.05) is 6.07 Å². The quantitative estimate of drug-likeness (QED) is 0.298. The number of aromatic nitrogens is 4. The molecule has 0 spiro atoms. The zero-order valence-electron chi connectivity index (χ0n) is 22.6. The van der Waals surface area contributed by atoms with Crippen LogP contribution in [0.25, 0.3) is 11.2 Å². The molecule has 3 heterocycles. The number of nitrogens with two attached hydrogens (primary N) is 1. The second kappa shape index (κ2) is 10.0. The van der Waals surface area contributed by atoms with Crippen LogP contribution in [0.1, 0.15) is 74.0 Å². The van der Waals surface area contributed by atoms with Crippen LogP contribution in [0.4, 0.5) is 5.82 Å². The number of benzene rings is 2. The van der Waals surface area contributed by atoms with Crippen molar-refractivity contribution < 1.29 is 4.74 Å². The Morgan fingerprint density at radius 1 is 0.974 bits per heavy atom. The van der Waals surface area contributed by atoms with Crippen molar-refractivity contribution in [3.05, 3.63) is 83.4 Å². The summed E-state index contributed by atoms with van der Waals surface area (Å²) in [6.07, 6.45) is 10.1. The van der Waals surface area contributed by atoms with E-state index in [-0.39, 0.29) is 11.5 Å². The fourth-order valence-corrected chi connectivity index (χ4v) is 7.68. The highest BCUT2D eigenvalue weighted by atomic mass is 16.5. The van der Waals surface area contributed by atoms with E-state index in [9.17, 15) is 0 Å². The molecule has 4 fully saturated rings. The number of ether oxygens (including phenoxy) is 1. The van der Waals surface area contributed by atoms with E-state index in [1.165, 1.54) is 50.5 Å². The first-order valence-electron chi connectivity index (χ1n) is 14.6. The zero-order valence-corrected chi connectivity index (χ0v) is 22.6. The largest absolute Gasteiger partial charge is 0.384 e. The molecule has 1 unspecified atom stereocenters. The number of anilines is 1. The van der Waals surface area contributed by atoms with Crippen LogP contribution in [0.2, 0.25) is 0 Å². The number of nitrogens with one attached hydrogen (secondary N) is 1. The van der Waals surface area contributed by atoms with Crippen molar-refractivity contribution in [3.8, 4) is 0 Å². The first-order chi connectivity index (χ1) is 19.1. The van der Waals surface area contributed by atoms with Gasteiger partial charge in [0, 0.05) is 24.6 Å². The molecule has 0 amide bonds. The minimum Gasteiger partial charge on any atom is -0.384 e. The second-order valence-electron chi connectivity index (χ2n) is 12.0. The van der Waals surface area contributed by atoms with Crippen molar-refractivity contribution >= 4 is 17.0 Å². The van der Waals surface area contributed by atoms with Crippen molar-refractivity contribution in [2.75, 3.05) is 25.4 Å². The first-order valence-corrected chi connectivity index (χ1v) is 14.6. The predicted octanol–water partition coefficient (Wildman–Crippen LogP) is 5.59. The highest BCUT2D eigenvalue weighted by molar-refractivity contribution is 5.77. The van der Waals surface area contributed by atoms with Gasteiger partial charge in [-0.2, -0.15) is 0 Å². The Bertz CT molecular complexity index is 1390. The lowest BCUT2D eigenvalue weighted by atomic mass is 9.54. The first kappa shape index (κ1) is 24.7. The Labute approximate surface area is 230 Å². The summed E-state index contributed by atoms with van der Waals surface area (Å²) >= 11 is 0. The van der Waals surface area contributed by atoms with Gasteiger partial charge < -0.3 is 10.5 Å². The minimum atomic E-state index is 0.154. The topological polar surface area (TPSA) is 93.0 Å². The van der Waals surface area contributed by atoms with Gasteiger partial charge in [0.15, 0.2) is 5.65 Å².